The number of nitrogens with one attached hydrogen (secondary N) is 1. The van der Waals surface area contributed by atoms with Crippen LogP contribution in [0.1, 0.15) is 41.3 Å². The number of carbonyl (C=O) groups excluding carboxylic acids is 2. The third-order valence-electron chi connectivity index (χ3n) is 4.61. The topological polar surface area (TPSA) is 71.5 Å². The zero-order chi connectivity index (χ0) is 17.2. The molecule has 3 heterocycles. The van der Waals surface area contributed by atoms with E-state index in [1.54, 1.807) is 18.3 Å². The molecule has 0 unspecified atom stereocenters. The molecule has 0 bridgehead atoms. The predicted molar refractivity (Wildman–Crippen MR) is 93.5 cm³/mol. The number of nitrogens with zero attached hydrogens (tertiary/aromatic N) is 2. The normalized spacial score (nSPS) is 18.8. The van der Waals surface area contributed by atoms with E-state index in [1.807, 2.05) is 24.3 Å². The minimum atomic E-state index is -0.527. The maximum absolute atomic E-state index is 12.3. The Kier molecular flexibility index (Phi) is 4.09. The van der Waals surface area contributed by atoms with E-state index in [0.717, 1.165) is 24.5 Å². The van der Waals surface area contributed by atoms with Gasteiger partial charge in [0.25, 0.3) is 0 Å². The first kappa shape index (κ1) is 15.6. The lowest BCUT2D eigenvalue weighted by Crippen LogP contribution is -2.19. The second-order valence-corrected chi connectivity index (χ2v) is 6.33. The molecule has 128 valence electrons. The van der Waals surface area contributed by atoms with Gasteiger partial charge in [-0.15, -0.1) is 0 Å². The molecule has 1 amide bonds. The molecule has 1 aromatic heterocycles. The Labute approximate surface area is 145 Å². The first-order chi connectivity index (χ1) is 12.2. The van der Waals surface area contributed by atoms with Crippen LogP contribution in [0.25, 0.3) is 0 Å². The highest BCUT2D eigenvalue weighted by Gasteiger charge is 2.32. The molecule has 1 atom stereocenters. The lowest BCUT2D eigenvalue weighted by Gasteiger charge is -2.16. The summed E-state index contributed by atoms with van der Waals surface area (Å²) in [5, 5.41) is 2.82. The second kappa shape index (κ2) is 6.55. The number of fused-ring (bicyclic) bond motifs is 1. The van der Waals surface area contributed by atoms with Gasteiger partial charge in [0, 0.05) is 18.7 Å². The van der Waals surface area contributed by atoms with Crippen molar-refractivity contribution >= 4 is 23.4 Å². The molecule has 0 radical (unpaired) electrons. The molecule has 1 aromatic carbocycles. The van der Waals surface area contributed by atoms with Crippen molar-refractivity contribution in [1.29, 1.82) is 0 Å². The Bertz CT molecular complexity index is 798. The summed E-state index contributed by atoms with van der Waals surface area (Å²) in [7, 11) is 0. The zero-order valence-electron chi connectivity index (χ0n) is 13.8. The van der Waals surface area contributed by atoms with Crippen molar-refractivity contribution in [2.45, 2.75) is 25.4 Å². The fourth-order valence-corrected chi connectivity index (χ4v) is 3.35. The lowest BCUT2D eigenvalue weighted by molar-refractivity contribution is -0.118. The molecule has 2 aromatic rings. The molecule has 25 heavy (non-hydrogen) atoms. The molecule has 0 aliphatic carbocycles. The van der Waals surface area contributed by atoms with E-state index >= 15 is 0 Å². The highest BCUT2D eigenvalue weighted by atomic mass is 16.5. The average Bonchev–Trinajstić information content (AvgIpc) is 3.25. The third kappa shape index (κ3) is 3.20. The SMILES string of the molecule is O=C(C[C@@H]1OC(=O)c2ccccc21)Nc1ccc(N2CCCC2)nc1. The van der Waals surface area contributed by atoms with Gasteiger partial charge in [0.15, 0.2) is 0 Å². The molecule has 4 rings (SSSR count). The number of hydrogen-bond acceptors (Lipinski definition) is 5. The number of ether oxygens (including phenoxy) is 1. The van der Waals surface area contributed by atoms with Gasteiger partial charge in [0.2, 0.25) is 5.91 Å². The van der Waals surface area contributed by atoms with E-state index in [-0.39, 0.29) is 18.3 Å². The van der Waals surface area contributed by atoms with Gasteiger partial charge in [0.1, 0.15) is 11.9 Å². The molecule has 6 heteroatoms. The van der Waals surface area contributed by atoms with Crippen LogP contribution in [0.4, 0.5) is 11.5 Å². The van der Waals surface area contributed by atoms with Gasteiger partial charge in [0.05, 0.1) is 23.9 Å². The summed E-state index contributed by atoms with van der Waals surface area (Å²) in [6.07, 6.45) is 3.63. The van der Waals surface area contributed by atoms with Gasteiger partial charge < -0.3 is 15.0 Å². The van der Waals surface area contributed by atoms with Gasteiger partial charge in [-0.05, 0) is 31.0 Å². The molecule has 1 N–H and O–H groups in total. The molecule has 1 saturated heterocycles. The molecular weight excluding hydrogens is 318 g/mol. The van der Waals surface area contributed by atoms with Gasteiger partial charge in [-0.3, -0.25) is 4.79 Å². The zero-order valence-corrected chi connectivity index (χ0v) is 13.8. The van der Waals surface area contributed by atoms with E-state index in [4.69, 9.17) is 4.74 Å². The van der Waals surface area contributed by atoms with Crippen molar-refractivity contribution < 1.29 is 14.3 Å². The van der Waals surface area contributed by atoms with Crippen LogP contribution in [0.15, 0.2) is 42.6 Å². The minimum absolute atomic E-state index is 0.0939. The fraction of sp³-hybridized carbons (Fsp3) is 0.316. The Morgan fingerprint density at radius 2 is 2.00 bits per heavy atom. The van der Waals surface area contributed by atoms with E-state index in [9.17, 15) is 9.59 Å². The summed E-state index contributed by atoms with van der Waals surface area (Å²) in [4.78, 5) is 30.8. The number of cyclic esters (lactones) is 1. The maximum atomic E-state index is 12.3. The van der Waals surface area contributed by atoms with Crippen LogP contribution < -0.4 is 10.2 Å². The monoisotopic (exact) mass is 337 g/mol. The Balaban J connectivity index is 1.39. The summed E-state index contributed by atoms with van der Waals surface area (Å²) >= 11 is 0. The standard InChI is InChI=1S/C19H19N3O3/c23-18(11-16-14-5-1-2-6-15(14)19(24)25-16)21-13-7-8-17(20-12-13)22-9-3-4-10-22/h1-2,5-8,12,16H,3-4,9-11H2,(H,21,23)/t16-/m0/s1. The van der Waals surface area contributed by atoms with Crippen LogP contribution >= 0.6 is 0 Å². The van der Waals surface area contributed by atoms with Crippen molar-refractivity contribution in [3.05, 3.63) is 53.7 Å². The molecule has 2 aliphatic heterocycles. The highest BCUT2D eigenvalue weighted by molar-refractivity contribution is 5.96. The first-order valence-electron chi connectivity index (χ1n) is 8.51. The maximum Gasteiger partial charge on any atom is 0.339 e. The largest absolute Gasteiger partial charge is 0.453 e. The second-order valence-electron chi connectivity index (χ2n) is 6.33. The lowest BCUT2D eigenvalue weighted by atomic mass is 10.0. The van der Waals surface area contributed by atoms with Crippen molar-refractivity contribution in [3.63, 3.8) is 0 Å². The number of aromatic nitrogens is 1. The number of hydrogen-bond donors (Lipinski definition) is 1. The summed E-state index contributed by atoms with van der Waals surface area (Å²) in [5.74, 6) is 0.365. The summed E-state index contributed by atoms with van der Waals surface area (Å²) in [6.45, 7) is 2.07. The number of pyridine rings is 1. The van der Waals surface area contributed by atoms with E-state index in [1.165, 1.54) is 12.8 Å². The first-order valence-corrected chi connectivity index (χ1v) is 8.51. The van der Waals surface area contributed by atoms with Crippen LogP contribution in [0, 0.1) is 0 Å². The van der Waals surface area contributed by atoms with Gasteiger partial charge >= 0.3 is 5.97 Å². The highest BCUT2D eigenvalue weighted by Crippen LogP contribution is 2.33. The summed E-state index contributed by atoms with van der Waals surface area (Å²) in [5.41, 5.74) is 1.95. The van der Waals surface area contributed by atoms with Crippen LogP contribution in [0.5, 0.6) is 0 Å². The molecular formula is C19H19N3O3. The van der Waals surface area contributed by atoms with Crippen molar-refractivity contribution in [2.24, 2.45) is 0 Å². The number of benzene rings is 1. The Hall–Kier alpha value is -2.89. The summed E-state index contributed by atoms with van der Waals surface area (Å²) in [6, 6.07) is 10.9. The minimum Gasteiger partial charge on any atom is -0.453 e. The van der Waals surface area contributed by atoms with Crippen molar-refractivity contribution in [1.82, 2.24) is 4.98 Å². The fourth-order valence-electron chi connectivity index (χ4n) is 3.35. The smallest absolute Gasteiger partial charge is 0.339 e. The van der Waals surface area contributed by atoms with E-state index in [0.29, 0.717) is 11.3 Å². The van der Waals surface area contributed by atoms with E-state index < -0.39 is 6.10 Å². The Morgan fingerprint density at radius 3 is 2.76 bits per heavy atom. The van der Waals surface area contributed by atoms with Gasteiger partial charge in [-0.1, -0.05) is 18.2 Å². The molecule has 6 nitrogen and oxygen atoms in total. The molecule has 0 spiro atoms. The van der Waals surface area contributed by atoms with Crippen LogP contribution in [-0.4, -0.2) is 29.9 Å². The molecule has 2 aliphatic rings. The number of amides is 1. The molecule has 1 fully saturated rings. The average molecular weight is 337 g/mol. The van der Waals surface area contributed by atoms with Gasteiger partial charge in [-0.25, -0.2) is 9.78 Å². The van der Waals surface area contributed by atoms with E-state index in [2.05, 4.69) is 15.2 Å². The van der Waals surface area contributed by atoms with Crippen molar-refractivity contribution in [2.75, 3.05) is 23.3 Å². The number of rotatable bonds is 4. The van der Waals surface area contributed by atoms with Crippen molar-refractivity contribution in [3.8, 4) is 0 Å². The van der Waals surface area contributed by atoms with Gasteiger partial charge in [-0.2, -0.15) is 0 Å². The van der Waals surface area contributed by atoms with Crippen LogP contribution in [0.2, 0.25) is 0 Å². The summed E-state index contributed by atoms with van der Waals surface area (Å²) < 4.78 is 5.30. The molecule has 0 saturated carbocycles. The third-order valence-corrected chi connectivity index (χ3v) is 4.61. The van der Waals surface area contributed by atoms with Crippen LogP contribution in [0.3, 0.4) is 0 Å². The Morgan fingerprint density at radius 1 is 1.20 bits per heavy atom. The number of anilines is 2. The number of esters is 1. The predicted octanol–water partition coefficient (Wildman–Crippen LogP) is 2.92. The quantitative estimate of drug-likeness (QED) is 0.869. The number of carbonyl (C=O) groups is 2. The van der Waals surface area contributed by atoms with Crippen LogP contribution in [-0.2, 0) is 9.53 Å².